The fourth-order valence-corrected chi connectivity index (χ4v) is 9.93. The van der Waals surface area contributed by atoms with Crippen molar-refractivity contribution in [2.24, 2.45) is 40.4 Å². The van der Waals surface area contributed by atoms with Crippen molar-refractivity contribution in [3.63, 3.8) is 0 Å². The maximum absolute atomic E-state index is 13.0. The summed E-state index contributed by atoms with van der Waals surface area (Å²) in [6.07, 6.45) is 15.8. The predicted octanol–water partition coefficient (Wildman–Crippen LogP) is 6.57. The molecule has 6 aliphatic rings. The van der Waals surface area contributed by atoms with Crippen molar-refractivity contribution in [2.75, 3.05) is 0 Å². The first-order valence-corrected chi connectivity index (χ1v) is 13.9. The van der Waals surface area contributed by atoms with Crippen LogP contribution >= 0.6 is 0 Å². The fraction of sp³-hybridized carbons (Fsp3) is 0.833. The number of amides is 1. The molecule has 4 atom stereocenters. The monoisotopic (exact) mass is 453 g/mol. The van der Waals surface area contributed by atoms with Crippen LogP contribution in [0.15, 0.2) is 23.8 Å². The molecule has 4 bridgehead atoms. The minimum absolute atomic E-state index is 0.0332. The van der Waals surface area contributed by atoms with Gasteiger partial charge in [-0.15, -0.1) is 0 Å². The smallest absolute Gasteiger partial charge is 0.244 e. The maximum atomic E-state index is 13.0. The standard InChI is InChI=1S/C30H47NO2/c1-19(12-27(33)31-30-16-21-13-22(17-30)15-23(14-21)18-30)6-8-24-20(2)7-9-25-28(3,4)26(32)10-11-29(24,25)5/h12,21-26,32H,2,6-11,13-18H2,1,3-5H3,(H,31,33)/b19-12+/t21?,22?,23?,24-,25-,26-,29+,30?/m1/s1. The molecule has 0 radical (unpaired) electrons. The van der Waals surface area contributed by atoms with E-state index in [2.05, 4.69) is 39.6 Å². The van der Waals surface area contributed by atoms with E-state index in [9.17, 15) is 9.90 Å². The van der Waals surface area contributed by atoms with Crippen molar-refractivity contribution in [1.29, 1.82) is 0 Å². The van der Waals surface area contributed by atoms with Crippen LogP contribution in [-0.2, 0) is 4.79 Å². The molecule has 0 heterocycles. The Morgan fingerprint density at radius 2 is 1.70 bits per heavy atom. The van der Waals surface area contributed by atoms with E-state index in [1.165, 1.54) is 49.7 Å². The fourth-order valence-electron chi connectivity index (χ4n) is 9.93. The Hall–Kier alpha value is -1.09. The number of allylic oxidation sites excluding steroid dienone is 2. The third-order valence-electron chi connectivity index (χ3n) is 11.2. The van der Waals surface area contributed by atoms with Crippen LogP contribution in [-0.4, -0.2) is 22.7 Å². The molecule has 6 aliphatic carbocycles. The molecule has 0 aromatic heterocycles. The maximum Gasteiger partial charge on any atom is 0.244 e. The summed E-state index contributed by atoms with van der Waals surface area (Å²) >= 11 is 0. The van der Waals surface area contributed by atoms with Gasteiger partial charge in [0.05, 0.1) is 6.10 Å². The number of fused-ring (bicyclic) bond motifs is 1. The molecule has 3 heteroatoms. The number of hydrogen-bond acceptors (Lipinski definition) is 2. The van der Waals surface area contributed by atoms with Crippen LogP contribution in [0.4, 0.5) is 0 Å². The average Bonchev–Trinajstić information content (AvgIpc) is 2.69. The molecule has 1 amide bonds. The zero-order valence-corrected chi connectivity index (χ0v) is 21.6. The summed E-state index contributed by atoms with van der Waals surface area (Å²) in [4.78, 5) is 13.0. The molecule has 3 nitrogen and oxygen atoms in total. The van der Waals surface area contributed by atoms with Gasteiger partial charge in [0.25, 0.3) is 0 Å². The highest BCUT2D eigenvalue weighted by Crippen LogP contribution is 2.62. The van der Waals surface area contributed by atoms with E-state index in [0.29, 0.717) is 11.8 Å². The van der Waals surface area contributed by atoms with Gasteiger partial charge in [-0.05, 0) is 124 Å². The van der Waals surface area contributed by atoms with Crippen molar-refractivity contribution >= 4 is 5.91 Å². The van der Waals surface area contributed by atoms with Crippen LogP contribution in [0.1, 0.15) is 105 Å². The molecule has 0 unspecified atom stereocenters. The quantitative estimate of drug-likeness (QED) is 0.365. The van der Waals surface area contributed by atoms with E-state index < -0.39 is 0 Å². The third kappa shape index (κ3) is 4.15. The van der Waals surface area contributed by atoms with Crippen molar-refractivity contribution in [2.45, 2.75) is 116 Å². The van der Waals surface area contributed by atoms with E-state index in [1.807, 2.05) is 6.08 Å². The van der Waals surface area contributed by atoms with E-state index in [4.69, 9.17) is 0 Å². The molecular weight excluding hydrogens is 406 g/mol. The largest absolute Gasteiger partial charge is 0.393 e. The number of aliphatic hydroxyl groups is 1. The van der Waals surface area contributed by atoms with Gasteiger partial charge < -0.3 is 10.4 Å². The van der Waals surface area contributed by atoms with E-state index in [0.717, 1.165) is 56.3 Å². The third-order valence-corrected chi connectivity index (χ3v) is 11.2. The van der Waals surface area contributed by atoms with Crippen LogP contribution < -0.4 is 5.32 Å². The zero-order valence-electron chi connectivity index (χ0n) is 21.6. The second kappa shape index (κ2) is 8.25. The molecule has 6 saturated carbocycles. The summed E-state index contributed by atoms with van der Waals surface area (Å²) in [6, 6.07) is 0. The predicted molar refractivity (Wildman–Crippen MR) is 135 cm³/mol. The Labute approximate surface area is 201 Å². The highest BCUT2D eigenvalue weighted by atomic mass is 16.3. The van der Waals surface area contributed by atoms with Gasteiger partial charge in [-0.3, -0.25) is 4.79 Å². The second-order valence-electron chi connectivity index (χ2n) is 13.9. The van der Waals surface area contributed by atoms with Crippen LogP contribution in [0, 0.1) is 40.4 Å². The Bertz CT molecular complexity index is 803. The molecule has 6 rings (SSSR count). The second-order valence-corrected chi connectivity index (χ2v) is 13.9. The Kier molecular flexibility index (Phi) is 5.91. The molecule has 0 aliphatic heterocycles. The lowest BCUT2D eigenvalue weighted by atomic mass is 9.46. The first-order chi connectivity index (χ1) is 15.5. The normalized spacial score (nSPS) is 46.2. The highest BCUT2D eigenvalue weighted by Gasteiger charge is 2.55. The molecule has 6 fully saturated rings. The molecule has 0 aromatic rings. The van der Waals surface area contributed by atoms with Gasteiger partial charge in [0.15, 0.2) is 0 Å². The Morgan fingerprint density at radius 3 is 2.30 bits per heavy atom. The summed E-state index contributed by atoms with van der Waals surface area (Å²) < 4.78 is 0. The van der Waals surface area contributed by atoms with Crippen molar-refractivity contribution in [3.8, 4) is 0 Å². The zero-order chi connectivity index (χ0) is 23.6. The molecule has 184 valence electrons. The first-order valence-electron chi connectivity index (χ1n) is 13.9. The lowest BCUT2D eigenvalue weighted by molar-refractivity contribution is -0.125. The molecule has 2 N–H and O–H groups in total. The van der Waals surface area contributed by atoms with Crippen molar-refractivity contribution < 1.29 is 9.90 Å². The van der Waals surface area contributed by atoms with Crippen LogP contribution in [0.2, 0.25) is 0 Å². The molecule has 0 aromatic carbocycles. The van der Waals surface area contributed by atoms with Crippen LogP contribution in [0.25, 0.3) is 0 Å². The minimum Gasteiger partial charge on any atom is -0.393 e. The number of hydrogen-bond donors (Lipinski definition) is 2. The lowest BCUT2D eigenvalue weighted by Crippen LogP contribution is -2.59. The van der Waals surface area contributed by atoms with Gasteiger partial charge in [-0.2, -0.15) is 0 Å². The topological polar surface area (TPSA) is 49.3 Å². The summed E-state index contributed by atoms with van der Waals surface area (Å²) in [5, 5.41) is 14.2. The molecule has 0 spiro atoms. The van der Waals surface area contributed by atoms with Crippen LogP contribution in [0.5, 0.6) is 0 Å². The van der Waals surface area contributed by atoms with Crippen LogP contribution in [0.3, 0.4) is 0 Å². The van der Waals surface area contributed by atoms with E-state index >= 15 is 0 Å². The summed E-state index contributed by atoms with van der Waals surface area (Å²) in [7, 11) is 0. The van der Waals surface area contributed by atoms with Gasteiger partial charge in [0.1, 0.15) is 0 Å². The summed E-state index contributed by atoms with van der Waals surface area (Å²) in [5.74, 6) is 3.72. The average molecular weight is 454 g/mol. The van der Waals surface area contributed by atoms with E-state index in [-0.39, 0.29) is 28.4 Å². The lowest BCUT2D eigenvalue weighted by Gasteiger charge is -2.59. The van der Waals surface area contributed by atoms with E-state index in [1.54, 1.807) is 0 Å². The molecule has 33 heavy (non-hydrogen) atoms. The number of rotatable bonds is 5. The summed E-state index contributed by atoms with van der Waals surface area (Å²) in [5.41, 5.74) is 2.86. The number of nitrogens with one attached hydrogen (secondary N) is 1. The van der Waals surface area contributed by atoms with Gasteiger partial charge in [0.2, 0.25) is 5.91 Å². The molecule has 0 saturated heterocycles. The Balaban J connectivity index is 1.22. The van der Waals surface area contributed by atoms with Gasteiger partial charge >= 0.3 is 0 Å². The van der Waals surface area contributed by atoms with Crippen molar-refractivity contribution in [3.05, 3.63) is 23.8 Å². The Morgan fingerprint density at radius 1 is 1.09 bits per heavy atom. The van der Waals surface area contributed by atoms with Crippen molar-refractivity contribution in [1.82, 2.24) is 5.32 Å². The molecular formula is C30H47NO2. The highest BCUT2D eigenvalue weighted by molar-refractivity contribution is 5.88. The number of carbonyl (C=O) groups is 1. The number of aliphatic hydroxyl groups excluding tert-OH is 1. The SMILES string of the molecule is C=C1CC[C@@H]2C(C)(C)[C@H](O)CC[C@@]2(C)[C@@H]1CC/C(C)=C/C(=O)NC12CC3CC(CC(C3)C1)C2. The first kappa shape index (κ1) is 23.6. The van der Waals surface area contributed by atoms with Gasteiger partial charge in [-0.25, -0.2) is 0 Å². The summed E-state index contributed by atoms with van der Waals surface area (Å²) in [6.45, 7) is 13.6. The number of carbonyl (C=O) groups excluding carboxylic acids is 1. The minimum atomic E-state index is -0.197. The van der Waals surface area contributed by atoms with Gasteiger partial charge in [-0.1, -0.05) is 38.5 Å². The van der Waals surface area contributed by atoms with Gasteiger partial charge in [0, 0.05) is 11.6 Å².